The van der Waals surface area contributed by atoms with Crippen LogP contribution in [0.1, 0.15) is 40.5 Å². The molecule has 0 fully saturated rings. The summed E-state index contributed by atoms with van der Waals surface area (Å²) in [4.78, 5) is 0. The van der Waals surface area contributed by atoms with Gasteiger partial charge in [0, 0.05) is 0 Å². The molecule has 0 bridgehead atoms. The molecule has 0 saturated heterocycles. The Labute approximate surface area is 94.1 Å². The van der Waals surface area contributed by atoms with Crippen LogP contribution in [-0.4, -0.2) is 19.4 Å². The molecule has 1 atom stereocenters. The van der Waals surface area contributed by atoms with E-state index in [4.69, 9.17) is 9.05 Å². The number of rotatable bonds is 9. The summed E-state index contributed by atoms with van der Waals surface area (Å²) in [5, 5.41) is 0. The summed E-state index contributed by atoms with van der Waals surface area (Å²) in [5.74, 6) is 0.546. The zero-order valence-electron chi connectivity index (χ0n) is 10.4. The average molecular weight is 235 g/mol. The lowest BCUT2D eigenvalue weighted by atomic mass is 10.0. The Morgan fingerprint density at radius 2 is 1.80 bits per heavy atom. The molecule has 0 aromatic heterocycles. The molecule has 1 radical (unpaired) electrons. The van der Waals surface area contributed by atoms with Gasteiger partial charge in [0.1, 0.15) is 0 Å². The van der Waals surface area contributed by atoms with Crippen molar-refractivity contribution in [1.82, 2.24) is 0 Å². The average Bonchev–Trinajstić information content (AvgIpc) is 2.16. The highest BCUT2D eigenvalue weighted by molar-refractivity contribution is 7.53. The molecule has 0 heterocycles. The minimum absolute atomic E-state index is 0.450. The smallest absolute Gasteiger partial charge is 0.309 e. The van der Waals surface area contributed by atoms with Gasteiger partial charge in [-0.15, -0.1) is 0 Å². The Morgan fingerprint density at radius 1 is 1.27 bits per heavy atom. The molecule has 0 aliphatic heterocycles. The summed E-state index contributed by atoms with van der Waals surface area (Å²) in [6.45, 7) is 8.78. The SMILES string of the molecule is C[CH]CC(C)CCP(=O)(OCC)OCC. The molecule has 0 aliphatic carbocycles. The first kappa shape index (κ1) is 15.2. The van der Waals surface area contributed by atoms with Crippen molar-refractivity contribution in [3.63, 3.8) is 0 Å². The van der Waals surface area contributed by atoms with E-state index in [9.17, 15) is 4.57 Å². The van der Waals surface area contributed by atoms with Gasteiger partial charge in [-0.2, -0.15) is 0 Å². The van der Waals surface area contributed by atoms with E-state index in [-0.39, 0.29) is 0 Å². The Kier molecular flexibility index (Phi) is 8.40. The minimum atomic E-state index is -2.81. The first-order chi connectivity index (χ1) is 7.08. The largest absolute Gasteiger partial charge is 0.330 e. The molecule has 0 aromatic carbocycles. The highest BCUT2D eigenvalue weighted by Gasteiger charge is 2.23. The third-order valence-electron chi connectivity index (χ3n) is 2.19. The van der Waals surface area contributed by atoms with Crippen molar-refractivity contribution in [2.24, 2.45) is 5.92 Å². The fourth-order valence-corrected chi connectivity index (χ4v) is 3.34. The summed E-state index contributed by atoms with van der Waals surface area (Å²) in [6.07, 6.45) is 4.61. The second kappa shape index (κ2) is 8.32. The zero-order valence-corrected chi connectivity index (χ0v) is 11.3. The van der Waals surface area contributed by atoms with Crippen molar-refractivity contribution in [2.45, 2.75) is 40.5 Å². The van der Waals surface area contributed by atoms with E-state index >= 15 is 0 Å². The molecule has 0 rings (SSSR count). The van der Waals surface area contributed by atoms with E-state index in [0.29, 0.717) is 25.3 Å². The lowest BCUT2D eigenvalue weighted by molar-refractivity contribution is 0.218. The lowest BCUT2D eigenvalue weighted by Gasteiger charge is -2.18. The van der Waals surface area contributed by atoms with Gasteiger partial charge >= 0.3 is 7.60 Å². The molecule has 0 aromatic rings. The molecule has 1 unspecified atom stereocenters. The van der Waals surface area contributed by atoms with Gasteiger partial charge in [0.05, 0.1) is 19.4 Å². The molecule has 91 valence electrons. The maximum Gasteiger partial charge on any atom is 0.330 e. The van der Waals surface area contributed by atoms with E-state index in [2.05, 4.69) is 13.3 Å². The van der Waals surface area contributed by atoms with Gasteiger partial charge in [-0.25, -0.2) is 0 Å². The van der Waals surface area contributed by atoms with Crippen LogP contribution in [0, 0.1) is 12.3 Å². The molecule has 0 aliphatic rings. The van der Waals surface area contributed by atoms with E-state index in [1.807, 2.05) is 20.8 Å². The van der Waals surface area contributed by atoms with Crippen molar-refractivity contribution in [1.29, 1.82) is 0 Å². The monoisotopic (exact) mass is 235 g/mol. The Morgan fingerprint density at radius 3 is 2.20 bits per heavy atom. The van der Waals surface area contributed by atoms with E-state index in [1.54, 1.807) is 0 Å². The van der Waals surface area contributed by atoms with Crippen LogP contribution < -0.4 is 0 Å². The van der Waals surface area contributed by atoms with Crippen molar-refractivity contribution >= 4 is 7.60 Å². The molecule has 15 heavy (non-hydrogen) atoms. The van der Waals surface area contributed by atoms with Crippen LogP contribution in [0.4, 0.5) is 0 Å². The molecule has 4 heteroatoms. The maximum atomic E-state index is 12.1. The summed E-state index contributed by atoms with van der Waals surface area (Å²) in [7, 11) is -2.81. The van der Waals surface area contributed by atoms with Crippen molar-refractivity contribution in [3.8, 4) is 0 Å². The molecule has 0 spiro atoms. The normalized spacial score (nSPS) is 14.1. The minimum Gasteiger partial charge on any atom is -0.309 e. The summed E-state index contributed by atoms with van der Waals surface area (Å²) >= 11 is 0. The van der Waals surface area contributed by atoms with E-state index < -0.39 is 7.60 Å². The zero-order chi connectivity index (χ0) is 11.7. The highest BCUT2D eigenvalue weighted by Crippen LogP contribution is 2.49. The molecule has 0 amide bonds. The highest BCUT2D eigenvalue weighted by atomic mass is 31.2. The Hall–Kier alpha value is 0.150. The van der Waals surface area contributed by atoms with Crippen LogP contribution in [0.5, 0.6) is 0 Å². The number of hydrogen-bond acceptors (Lipinski definition) is 3. The quantitative estimate of drug-likeness (QED) is 0.569. The molecular formula is C11H24O3P. The fourth-order valence-electron chi connectivity index (χ4n) is 1.46. The van der Waals surface area contributed by atoms with Crippen molar-refractivity contribution in [3.05, 3.63) is 6.42 Å². The van der Waals surface area contributed by atoms with Gasteiger partial charge in [-0.05, 0) is 39.0 Å². The van der Waals surface area contributed by atoms with E-state index in [1.165, 1.54) is 0 Å². The van der Waals surface area contributed by atoms with Crippen LogP contribution >= 0.6 is 7.60 Å². The molecule has 3 nitrogen and oxygen atoms in total. The van der Waals surface area contributed by atoms with Crippen LogP contribution in [-0.2, 0) is 13.6 Å². The second-order valence-corrected chi connectivity index (χ2v) is 5.89. The van der Waals surface area contributed by atoms with Crippen LogP contribution in [0.25, 0.3) is 0 Å². The predicted molar refractivity (Wildman–Crippen MR) is 64.1 cm³/mol. The molecular weight excluding hydrogens is 211 g/mol. The standard InChI is InChI=1S/C11H24O3P/c1-5-8-11(4)9-10-15(12,13-6-2)14-7-3/h5,11H,6-10H2,1-4H3. The molecule has 0 N–H and O–H groups in total. The van der Waals surface area contributed by atoms with Crippen molar-refractivity contribution < 1.29 is 13.6 Å². The van der Waals surface area contributed by atoms with Crippen LogP contribution in [0.3, 0.4) is 0 Å². The van der Waals surface area contributed by atoms with Gasteiger partial charge in [0.25, 0.3) is 0 Å². The first-order valence-electron chi connectivity index (χ1n) is 5.73. The Bertz CT molecular complexity index is 184. The molecule has 0 saturated carbocycles. The summed E-state index contributed by atoms with van der Waals surface area (Å²) in [6, 6.07) is 0. The van der Waals surface area contributed by atoms with Crippen LogP contribution in [0.15, 0.2) is 0 Å². The Balaban J connectivity index is 4.00. The first-order valence-corrected chi connectivity index (χ1v) is 7.46. The fraction of sp³-hybridized carbons (Fsp3) is 0.909. The summed E-state index contributed by atoms with van der Waals surface area (Å²) < 4.78 is 22.5. The van der Waals surface area contributed by atoms with Gasteiger partial charge in [-0.1, -0.05) is 13.8 Å². The van der Waals surface area contributed by atoms with Gasteiger partial charge in [0.2, 0.25) is 0 Å². The predicted octanol–water partition coefficient (Wildman–Crippen LogP) is 3.89. The second-order valence-electron chi connectivity index (χ2n) is 3.71. The van der Waals surface area contributed by atoms with E-state index in [0.717, 1.165) is 12.8 Å². The van der Waals surface area contributed by atoms with Gasteiger partial charge in [0.15, 0.2) is 0 Å². The lowest BCUT2D eigenvalue weighted by Crippen LogP contribution is -2.04. The topological polar surface area (TPSA) is 35.5 Å². The van der Waals surface area contributed by atoms with Crippen molar-refractivity contribution in [2.75, 3.05) is 19.4 Å². The van der Waals surface area contributed by atoms with Gasteiger partial charge < -0.3 is 9.05 Å². The number of hydrogen-bond donors (Lipinski definition) is 0. The third kappa shape index (κ3) is 7.10. The van der Waals surface area contributed by atoms with Gasteiger partial charge in [-0.3, -0.25) is 4.57 Å². The third-order valence-corrected chi connectivity index (χ3v) is 4.29. The maximum absolute atomic E-state index is 12.1. The van der Waals surface area contributed by atoms with Crippen LogP contribution in [0.2, 0.25) is 0 Å². The summed E-state index contributed by atoms with van der Waals surface area (Å²) in [5.41, 5.74) is 0.